The quantitative estimate of drug-likeness (QED) is 0.561. The molecule has 0 aliphatic heterocycles. The van der Waals surface area contributed by atoms with E-state index in [-0.39, 0.29) is 11.3 Å². The van der Waals surface area contributed by atoms with E-state index in [1.54, 1.807) is 6.07 Å². The van der Waals surface area contributed by atoms with E-state index < -0.39 is 12.0 Å². The Morgan fingerprint density at radius 2 is 2.00 bits per heavy atom. The summed E-state index contributed by atoms with van der Waals surface area (Å²) in [4.78, 5) is 13.7. The minimum absolute atomic E-state index is 0.0276. The molecule has 0 radical (unpaired) electrons. The van der Waals surface area contributed by atoms with Gasteiger partial charge in [0.2, 0.25) is 0 Å². The Morgan fingerprint density at radius 3 is 2.71 bits per heavy atom. The summed E-state index contributed by atoms with van der Waals surface area (Å²) in [6, 6.07) is 15.1. The number of aliphatic hydroxyl groups excluding tert-OH is 1. The molecular formula is C22H29N3O3. The highest BCUT2D eigenvalue weighted by Gasteiger charge is 2.28. The number of amides is 1. The average Bonchev–Trinajstić information content (AvgIpc) is 3.13. The Balaban J connectivity index is 1.57. The summed E-state index contributed by atoms with van der Waals surface area (Å²) in [5.41, 5.74) is 7.07. The van der Waals surface area contributed by atoms with E-state index in [9.17, 15) is 15.0 Å². The number of nitrogens with one attached hydrogen (secondary N) is 1. The van der Waals surface area contributed by atoms with Crippen LogP contribution < -0.4 is 16.0 Å². The van der Waals surface area contributed by atoms with E-state index in [1.165, 1.54) is 24.2 Å². The lowest BCUT2D eigenvalue weighted by Crippen LogP contribution is -2.40. The lowest BCUT2D eigenvalue weighted by Gasteiger charge is -2.28. The van der Waals surface area contributed by atoms with Gasteiger partial charge in [-0.15, -0.1) is 0 Å². The number of phenols is 1. The fourth-order valence-electron chi connectivity index (χ4n) is 4.00. The third-order valence-corrected chi connectivity index (χ3v) is 5.61. The highest BCUT2D eigenvalue weighted by molar-refractivity contribution is 5.95. The summed E-state index contributed by atoms with van der Waals surface area (Å²) in [5, 5.41) is 23.7. The lowest BCUT2D eigenvalue weighted by molar-refractivity contribution is 0.0997. The monoisotopic (exact) mass is 383 g/mol. The number of nitrogens with two attached hydrogens (primary N) is 1. The summed E-state index contributed by atoms with van der Waals surface area (Å²) < 4.78 is 0. The molecule has 1 aliphatic rings. The fraction of sp³-hybridized carbons (Fsp3) is 0.409. The lowest BCUT2D eigenvalue weighted by atomic mass is 10.0. The molecule has 1 unspecified atom stereocenters. The van der Waals surface area contributed by atoms with E-state index in [1.807, 2.05) is 18.2 Å². The smallest absolute Gasteiger partial charge is 0.252 e. The Bertz CT molecular complexity index is 797. The molecule has 0 heterocycles. The van der Waals surface area contributed by atoms with Gasteiger partial charge in [0.15, 0.2) is 0 Å². The van der Waals surface area contributed by atoms with Crippen molar-refractivity contribution in [1.82, 2.24) is 5.32 Å². The van der Waals surface area contributed by atoms with Crippen molar-refractivity contribution in [3.8, 4) is 5.75 Å². The molecule has 1 amide bonds. The molecule has 0 spiro atoms. The second kappa shape index (κ2) is 9.08. The first-order valence-electron chi connectivity index (χ1n) is 9.76. The standard InChI is InChI=1S/C22H29N3O3/c1-25(17-7-3-2-4-8-17)14-16-6-5-9-19(16)24-13-21(27)15-10-11-20(26)18(12-15)22(23)28/h2-4,7-8,10-12,16,19,21,24,26-27H,5-6,9,13-14H2,1H3,(H2,23,28)/t16-,19-,21?/m1/s1. The number of rotatable bonds is 8. The number of primary amides is 1. The number of benzene rings is 2. The van der Waals surface area contributed by atoms with Gasteiger partial charge in [0, 0.05) is 31.9 Å². The number of carbonyl (C=O) groups is 1. The molecule has 0 aromatic heterocycles. The Labute approximate surface area is 166 Å². The van der Waals surface area contributed by atoms with Crippen molar-refractivity contribution in [2.24, 2.45) is 11.7 Å². The van der Waals surface area contributed by atoms with E-state index in [2.05, 4.69) is 29.4 Å². The maximum Gasteiger partial charge on any atom is 0.252 e. The molecular weight excluding hydrogens is 354 g/mol. The second-order valence-electron chi connectivity index (χ2n) is 7.58. The van der Waals surface area contributed by atoms with E-state index in [0.29, 0.717) is 24.1 Å². The second-order valence-corrected chi connectivity index (χ2v) is 7.58. The van der Waals surface area contributed by atoms with Gasteiger partial charge in [-0.2, -0.15) is 0 Å². The predicted octanol–water partition coefficient (Wildman–Crippen LogP) is 2.42. The number of nitrogens with zero attached hydrogens (tertiary/aromatic N) is 1. The van der Waals surface area contributed by atoms with Crippen LogP contribution >= 0.6 is 0 Å². The van der Waals surface area contributed by atoms with Crippen LogP contribution in [-0.2, 0) is 0 Å². The molecule has 1 fully saturated rings. The van der Waals surface area contributed by atoms with Gasteiger partial charge in [0.1, 0.15) is 5.75 Å². The van der Waals surface area contributed by atoms with Crippen LogP contribution in [0.25, 0.3) is 0 Å². The van der Waals surface area contributed by atoms with Gasteiger partial charge in [-0.05, 0) is 48.6 Å². The molecule has 1 saturated carbocycles. The molecule has 3 atom stereocenters. The van der Waals surface area contributed by atoms with E-state index in [0.717, 1.165) is 19.4 Å². The van der Waals surface area contributed by atoms with Crippen molar-refractivity contribution in [3.63, 3.8) is 0 Å². The summed E-state index contributed by atoms with van der Waals surface area (Å²) >= 11 is 0. The first kappa shape index (κ1) is 20.2. The zero-order valence-corrected chi connectivity index (χ0v) is 16.2. The SMILES string of the molecule is CN(C[C@H]1CCC[C@H]1NCC(O)c1ccc(O)c(C(N)=O)c1)c1ccccc1. The molecule has 2 aromatic carbocycles. The third-order valence-electron chi connectivity index (χ3n) is 5.61. The molecule has 150 valence electrons. The fourth-order valence-corrected chi connectivity index (χ4v) is 4.00. The Hall–Kier alpha value is -2.57. The third kappa shape index (κ3) is 4.82. The minimum Gasteiger partial charge on any atom is -0.507 e. The largest absolute Gasteiger partial charge is 0.507 e. The van der Waals surface area contributed by atoms with E-state index in [4.69, 9.17) is 5.73 Å². The van der Waals surface area contributed by atoms with Crippen molar-refractivity contribution in [3.05, 3.63) is 59.7 Å². The van der Waals surface area contributed by atoms with Crippen LogP contribution in [0.1, 0.15) is 41.3 Å². The molecule has 1 aliphatic carbocycles. The Morgan fingerprint density at radius 1 is 1.25 bits per heavy atom. The summed E-state index contributed by atoms with van der Waals surface area (Å²) in [6.45, 7) is 1.35. The summed E-state index contributed by atoms with van der Waals surface area (Å²) in [5.74, 6) is -0.367. The van der Waals surface area contributed by atoms with Crippen LogP contribution in [0.4, 0.5) is 5.69 Å². The maximum atomic E-state index is 11.4. The number of aromatic hydroxyl groups is 1. The minimum atomic E-state index is -0.771. The normalized spacial score (nSPS) is 20.1. The topological polar surface area (TPSA) is 98.8 Å². The van der Waals surface area contributed by atoms with Gasteiger partial charge < -0.3 is 26.2 Å². The van der Waals surface area contributed by atoms with Gasteiger partial charge in [0.05, 0.1) is 11.7 Å². The number of aliphatic hydroxyl groups is 1. The molecule has 0 saturated heterocycles. The molecule has 0 bridgehead atoms. The van der Waals surface area contributed by atoms with Crippen LogP contribution in [0, 0.1) is 5.92 Å². The van der Waals surface area contributed by atoms with Gasteiger partial charge in [-0.3, -0.25) is 4.79 Å². The van der Waals surface area contributed by atoms with Crippen molar-refractivity contribution in [2.75, 3.05) is 25.0 Å². The Kier molecular flexibility index (Phi) is 6.54. The zero-order valence-electron chi connectivity index (χ0n) is 16.2. The highest BCUT2D eigenvalue weighted by Crippen LogP contribution is 2.28. The maximum absolute atomic E-state index is 11.4. The summed E-state index contributed by atoms with van der Waals surface area (Å²) in [6.07, 6.45) is 2.65. The summed E-state index contributed by atoms with van der Waals surface area (Å²) in [7, 11) is 2.11. The van der Waals surface area contributed by atoms with Crippen LogP contribution in [0.15, 0.2) is 48.5 Å². The molecule has 6 heteroatoms. The average molecular weight is 383 g/mol. The van der Waals surface area contributed by atoms with Crippen LogP contribution in [0.5, 0.6) is 5.75 Å². The first-order chi connectivity index (χ1) is 13.5. The van der Waals surface area contributed by atoms with E-state index >= 15 is 0 Å². The number of carbonyl (C=O) groups excluding carboxylic acids is 1. The highest BCUT2D eigenvalue weighted by atomic mass is 16.3. The molecule has 2 aromatic rings. The molecule has 28 heavy (non-hydrogen) atoms. The number of hydrogen-bond acceptors (Lipinski definition) is 5. The number of para-hydroxylation sites is 1. The molecule has 3 rings (SSSR count). The van der Waals surface area contributed by atoms with Crippen LogP contribution in [0.2, 0.25) is 0 Å². The zero-order chi connectivity index (χ0) is 20.1. The molecule has 5 N–H and O–H groups in total. The van der Waals surface area contributed by atoms with Crippen LogP contribution in [-0.4, -0.2) is 42.3 Å². The van der Waals surface area contributed by atoms with Crippen molar-refractivity contribution in [1.29, 1.82) is 0 Å². The number of anilines is 1. The van der Waals surface area contributed by atoms with Gasteiger partial charge in [0.25, 0.3) is 5.91 Å². The molecule has 6 nitrogen and oxygen atoms in total. The number of hydrogen-bond donors (Lipinski definition) is 4. The first-order valence-corrected chi connectivity index (χ1v) is 9.76. The van der Waals surface area contributed by atoms with Crippen molar-refractivity contribution in [2.45, 2.75) is 31.4 Å². The predicted molar refractivity (Wildman–Crippen MR) is 110 cm³/mol. The van der Waals surface area contributed by atoms with Crippen LogP contribution in [0.3, 0.4) is 0 Å². The van der Waals surface area contributed by atoms with Gasteiger partial charge in [-0.1, -0.05) is 30.7 Å². The van der Waals surface area contributed by atoms with Crippen molar-refractivity contribution < 1.29 is 15.0 Å². The van der Waals surface area contributed by atoms with Gasteiger partial charge >= 0.3 is 0 Å². The van der Waals surface area contributed by atoms with Crippen molar-refractivity contribution >= 4 is 11.6 Å². The van der Waals surface area contributed by atoms with Gasteiger partial charge in [-0.25, -0.2) is 0 Å².